The standard InChI is InChI=1S/C21H16N3.C21H14NO.C20H13N2O.C20H13N2S.4Ir/c1-24-20(18-10-6-3-7-11-18)22-23-21(24)19-14-12-17(13-15-19)16-8-4-2-5-9-16;1-3-7-16(8-4-1)17-11-13-19(14-12-17)21-15-20(22-23-21)18-9-5-2-6-10-18;2*1-3-7-15(8-4-1)16-11-13-18(14-12-16)20-22-21-19(23-20)17-9-5-2-6-10-17;;;;/h2-10,12-15H,1H3;1-9,11-15H;2*1-9,11-14H;;;;/q4*-1;;;;. The van der Waals surface area contributed by atoms with Gasteiger partial charge in [-0.1, -0.05) is 212 Å². The molecule has 0 saturated carbocycles. The zero-order chi connectivity index (χ0) is 62.8. The quantitative estimate of drug-likeness (QED) is 0.110. The molecule has 0 unspecified atom stereocenters. The molecular formula is C82H56Ir4N8O2S-4. The second-order valence-corrected chi connectivity index (χ2v) is 22.2. The topological polar surface area (TPSA) is 121 Å². The van der Waals surface area contributed by atoms with E-state index >= 15 is 0 Å². The zero-order valence-corrected chi connectivity index (χ0v) is 62.1. The summed E-state index contributed by atoms with van der Waals surface area (Å²) in [6, 6.07) is 120. The fraction of sp³-hybridized carbons (Fsp3) is 0.0122. The summed E-state index contributed by atoms with van der Waals surface area (Å²) >= 11 is 1.59. The van der Waals surface area contributed by atoms with Crippen molar-refractivity contribution in [3.05, 3.63) is 346 Å². The summed E-state index contributed by atoms with van der Waals surface area (Å²) in [5.41, 5.74) is 18.1. The van der Waals surface area contributed by atoms with E-state index in [-0.39, 0.29) is 80.4 Å². The number of hydrogen-bond acceptors (Lipinski definition) is 10. The molecule has 0 N–H and O–H groups in total. The molecule has 0 bridgehead atoms. The molecule has 10 nitrogen and oxygen atoms in total. The molecule has 0 aliphatic rings. The molecule has 4 radical (unpaired) electrons. The third-order valence-corrected chi connectivity index (χ3v) is 16.1. The Morgan fingerprint density at radius 2 is 0.639 bits per heavy atom. The first-order valence-electron chi connectivity index (χ1n) is 30.1. The van der Waals surface area contributed by atoms with Gasteiger partial charge in [-0.3, -0.25) is 0 Å². The molecule has 0 aliphatic heterocycles. The van der Waals surface area contributed by atoms with Crippen LogP contribution in [0, 0.1) is 24.3 Å². The maximum Gasteiger partial charge on any atom is 0.237 e. The van der Waals surface area contributed by atoms with Gasteiger partial charge in [0.05, 0.1) is 10.8 Å². The molecule has 0 atom stereocenters. The fourth-order valence-corrected chi connectivity index (χ4v) is 11.0. The summed E-state index contributed by atoms with van der Waals surface area (Å²) in [6.45, 7) is 0. The van der Waals surface area contributed by atoms with E-state index in [1.165, 1.54) is 38.9 Å². The van der Waals surface area contributed by atoms with Gasteiger partial charge in [-0.15, -0.1) is 170 Å². The molecular weight excluding hydrogens is 1930 g/mol. The van der Waals surface area contributed by atoms with Crippen molar-refractivity contribution >= 4 is 11.3 Å². The third kappa shape index (κ3) is 18.4. The van der Waals surface area contributed by atoms with E-state index in [0.29, 0.717) is 11.8 Å². The van der Waals surface area contributed by atoms with Crippen molar-refractivity contribution in [2.24, 2.45) is 7.05 Å². The Hall–Kier alpha value is -9.71. The summed E-state index contributed by atoms with van der Waals surface area (Å²) in [4.78, 5) is 0. The van der Waals surface area contributed by atoms with Gasteiger partial charge < -0.3 is 13.5 Å². The Labute approximate surface area is 622 Å². The fourth-order valence-electron chi connectivity index (χ4n) is 10.2. The van der Waals surface area contributed by atoms with Gasteiger partial charge >= 0.3 is 0 Å². The van der Waals surface area contributed by atoms with Crippen molar-refractivity contribution in [1.82, 2.24) is 40.3 Å². The molecule has 15 heteroatoms. The molecule has 482 valence electrons. The second kappa shape index (κ2) is 35.9. The largest absolute Gasteiger partial charge is 0.464 e. The third-order valence-electron chi connectivity index (χ3n) is 15.1. The maximum atomic E-state index is 5.75. The van der Waals surface area contributed by atoms with Crippen LogP contribution in [0.4, 0.5) is 0 Å². The smallest absolute Gasteiger partial charge is 0.237 e. The molecule has 12 aromatic carbocycles. The van der Waals surface area contributed by atoms with E-state index in [2.05, 4.69) is 218 Å². The van der Waals surface area contributed by atoms with Crippen molar-refractivity contribution in [2.45, 2.75) is 0 Å². The first-order valence-corrected chi connectivity index (χ1v) is 30.9. The number of benzene rings is 12. The van der Waals surface area contributed by atoms with E-state index in [1.54, 1.807) is 11.3 Å². The molecule has 0 saturated heterocycles. The number of hydrogen-bond donors (Lipinski definition) is 0. The molecule has 0 amide bonds. The normalized spacial score (nSPS) is 10.2. The molecule has 0 fully saturated rings. The Balaban J connectivity index is 0.000000150. The van der Waals surface area contributed by atoms with Gasteiger partial charge in [-0.2, -0.15) is 15.3 Å². The van der Waals surface area contributed by atoms with Crippen LogP contribution in [0.1, 0.15) is 0 Å². The molecule has 16 rings (SSSR count). The minimum Gasteiger partial charge on any atom is -0.464 e. The Bertz CT molecular complexity index is 4550. The van der Waals surface area contributed by atoms with Crippen molar-refractivity contribution < 1.29 is 89.4 Å². The zero-order valence-electron chi connectivity index (χ0n) is 51.7. The van der Waals surface area contributed by atoms with E-state index < -0.39 is 0 Å². The molecule has 4 aromatic heterocycles. The van der Waals surface area contributed by atoms with Gasteiger partial charge in [0.15, 0.2) is 17.5 Å². The average molecular weight is 1990 g/mol. The maximum absolute atomic E-state index is 5.75. The minimum atomic E-state index is 0. The van der Waals surface area contributed by atoms with Gasteiger partial charge in [-0.05, 0) is 62.7 Å². The van der Waals surface area contributed by atoms with Crippen LogP contribution in [-0.2, 0) is 87.5 Å². The summed E-state index contributed by atoms with van der Waals surface area (Å²) in [7, 11) is 1.98. The summed E-state index contributed by atoms with van der Waals surface area (Å²) in [6.07, 6.45) is 0. The van der Waals surface area contributed by atoms with Crippen molar-refractivity contribution in [3.63, 3.8) is 0 Å². The number of rotatable bonds is 12. The van der Waals surface area contributed by atoms with Gasteiger partial charge in [0.25, 0.3) is 0 Å². The average Bonchev–Trinajstić information content (AvgIpc) is 1.78. The summed E-state index contributed by atoms with van der Waals surface area (Å²) < 4.78 is 13.2. The van der Waals surface area contributed by atoms with Gasteiger partial charge in [-0.25, -0.2) is 0 Å². The Morgan fingerprint density at radius 1 is 0.289 bits per heavy atom. The van der Waals surface area contributed by atoms with Crippen molar-refractivity contribution in [2.75, 3.05) is 0 Å². The van der Waals surface area contributed by atoms with Crippen LogP contribution in [0.3, 0.4) is 0 Å². The van der Waals surface area contributed by atoms with Crippen LogP contribution < -0.4 is 0 Å². The summed E-state index contributed by atoms with van der Waals surface area (Å²) in [5.74, 6) is 3.42. The SMILES string of the molecule is Cn1c(-c2[c-]cccc2)nnc1-c1ccc(-c2ccccc2)cc1.[Ir].[Ir].[Ir].[Ir].[c-]1ccccc1-c1cc(-c2ccc(-c3ccccc3)cc2)on1.[c-]1ccccc1-c1nnc(-c2ccc(-c3ccccc3)cc2)o1.[c-]1ccccc1-c1nnc(-c2ccc(-c3ccccc3)cc2)s1. The van der Waals surface area contributed by atoms with Crippen molar-refractivity contribution in [3.8, 4) is 134 Å². The first kappa shape index (κ1) is 71.6. The molecule has 97 heavy (non-hydrogen) atoms. The summed E-state index contributed by atoms with van der Waals surface area (Å²) in [5, 5.41) is 31.5. The predicted octanol–water partition coefficient (Wildman–Crippen LogP) is 20.3. The number of nitrogens with zero attached hydrogens (tertiary/aromatic N) is 8. The monoisotopic (exact) mass is 1990 g/mol. The molecule has 4 heterocycles. The van der Waals surface area contributed by atoms with Crippen LogP contribution in [0.15, 0.2) is 330 Å². The molecule has 0 spiro atoms. The van der Waals surface area contributed by atoms with Gasteiger partial charge in [0, 0.05) is 115 Å². The molecule has 16 aromatic rings. The minimum absolute atomic E-state index is 0. The Morgan fingerprint density at radius 3 is 1.09 bits per heavy atom. The van der Waals surface area contributed by atoms with E-state index in [0.717, 1.165) is 83.2 Å². The van der Waals surface area contributed by atoms with Crippen LogP contribution in [-0.4, -0.2) is 40.3 Å². The van der Waals surface area contributed by atoms with Crippen LogP contribution in [0.2, 0.25) is 0 Å². The Kier molecular flexibility index (Phi) is 26.5. The molecule has 0 aliphatic carbocycles. The predicted molar refractivity (Wildman–Crippen MR) is 372 cm³/mol. The number of aromatic nitrogens is 8. The van der Waals surface area contributed by atoms with Gasteiger partial charge in [0.2, 0.25) is 5.89 Å². The van der Waals surface area contributed by atoms with Crippen LogP contribution in [0.25, 0.3) is 134 Å². The van der Waals surface area contributed by atoms with Crippen LogP contribution in [0.5, 0.6) is 0 Å². The van der Waals surface area contributed by atoms with E-state index in [4.69, 9.17) is 8.94 Å². The first-order chi connectivity index (χ1) is 46.0. The van der Waals surface area contributed by atoms with Crippen molar-refractivity contribution in [1.29, 1.82) is 0 Å². The van der Waals surface area contributed by atoms with Gasteiger partial charge in [0.1, 0.15) is 5.01 Å². The van der Waals surface area contributed by atoms with E-state index in [1.807, 2.05) is 175 Å². The van der Waals surface area contributed by atoms with Crippen LogP contribution >= 0.6 is 11.3 Å². The van der Waals surface area contributed by atoms with E-state index in [9.17, 15) is 0 Å². The second-order valence-electron chi connectivity index (χ2n) is 21.2.